The first kappa shape index (κ1) is 24.3. The molecule has 0 aliphatic rings. The standard InChI is InChI=1S/2C9H18OS/c2*1-6-8(10)7(2)11-9(3,4)5/h2*7H,6H2,1-5H3/t2*7-/m10/s1. The molecule has 0 aliphatic carbocycles. The molecule has 0 fully saturated rings. The molecule has 0 spiro atoms. The highest BCUT2D eigenvalue weighted by molar-refractivity contribution is 8.02. The van der Waals surface area contributed by atoms with Crippen molar-refractivity contribution in [1.82, 2.24) is 0 Å². The van der Waals surface area contributed by atoms with Crippen LogP contribution in [-0.2, 0) is 9.59 Å². The molecule has 0 bridgehead atoms. The molecule has 0 aliphatic heterocycles. The average molecular weight is 349 g/mol. The van der Waals surface area contributed by atoms with Crippen molar-refractivity contribution in [1.29, 1.82) is 0 Å². The summed E-state index contributed by atoms with van der Waals surface area (Å²) in [5.41, 5.74) is 0. The zero-order valence-electron chi connectivity index (χ0n) is 16.2. The van der Waals surface area contributed by atoms with Crippen LogP contribution in [0.2, 0.25) is 0 Å². The maximum Gasteiger partial charge on any atom is 0.145 e. The van der Waals surface area contributed by atoms with Gasteiger partial charge >= 0.3 is 0 Å². The van der Waals surface area contributed by atoms with E-state index in [1.165, 1.54) is 0 Å². The van der Waals surface area contributed by atoms with Gasteiger partial charge in [-0.25, -0.2) is 0 Å². The van der Waals surface area contributed by atoms with Crippen molar-refractivity contribution in [3.8, 4) is 0 Å². The lowest BCUT2D eigenvalue weighted by atomic mass is 10.2. The van der Waals surface area contributed by atoms with Gasteiger partial charge in [0.05, 0.1) is 10.5 Å². The van der Waals surface area contributed by atoms with Crippen molar-refractivity contribution in [2.45, 2.75) is 102 Å². The molecule has 0 unspecified atom stereocenters. The lowest BCUT2D eigenvalue weighted by Gasteiger charge is -2.21. The Bertz CT molecular complexity index is 304. The van der Waals surface area contributed by atoms with Crippen LogP contribution < -0.4 is 0 Å². The second-order valence-corrected chi connectivity index (χ2v) is 11.7. The van der Waals surface area contributed by atoms with E-state index in [4.69, 9.17) is 0 Å². The van der Waals surface area contributed by atoms with Crippen LogP contribution in [0, 0.1) is 0 Å². The van der Waals surface area contributed by atoms with Crippen molar-refractivity contribution in [3.05, 3.63) is 0 Å². The highest BCUT2D eigenvalue weighted by Crippen LogP contribution is 2.29. The van der Waals surface area contributed by atoms with Crippen LogP contribution in [0.3, 0.4) is 0 Å². The summed E-state index contributed by atoms with van der Waals surface area (Å²) in [4.78, 5) is 22.3. The third-order valence-electron chi connectivity index (χ3n) is 2.66. The van der Waals surface area contributed by atoms with Gasteiger partial charge in [0.2, 0.25) is 0 Å². The summed E-state index contributed by atoms with van der Waals surface area (Å²) in [7, 11) is 0. The third kappa shape index (κ3) is 15.0. The van der Waals surface area contributed by atoms with Gasteiger partial charge in [0.15, 0.2) is 0 Å². The average Bonchev–Trinajstić information content (AvgIpc) is 2.33. The first-order chi connectivity index (χ1) is 9.73. The van der Waals surface area contributed by atoms with Crippen molar-refractivity contribution in [3.63, 3.8) is 0 Å². The van der Waals surface area contributed by atoms with Crippen molar-refractivity contribution >= 4 is 35.1 Å². The largest absolute Gasteiger partial charge is 0.298 e. The van der Waals surface area contributed by atoms with E-state index in [0.29, 0.717) is 24.4 Å². The fraction of sp³-hybridized carbons (Fsp3) is 0.889. The number of hydrogen-bond donors (Lipinski definition) is 0. The molecule has 0 radical (unpaired) electrons. The lowest BCUT2D eigenvalue weighted by Crippen LogP contribution is -2.20. The summed E-state index contributed by atoms with van der Waals surface area (Å²) in [6.45, 7) is 20.6. The minimum atomic E-state index is 0.153. The Morgan fingerprint density at radius 2 is 0.955 bits per heavy atom. The fourth-order valence-corrected chi connectivity index (χ4v) is 4.48. The molecule has 2 nitrogen and oxygen atoms in total. The topological polar surface area (TPSA) is 34.1 Å². The molecule has 0 aromatic carbocycles. The monoisotopic (exact) mass is 348 g/mol. The zero-order valence-corrected chi connectivity index (χ0v) is 17.8. The highest BCUT2D eigenvalue weighted by Gasteiger charge is 2.20. The van der Waals surface area contributed by atoms with Crippen LogP contribution in [0.15, 0.2) is 0 Å². The molecule has 0 aromatic heterocycles. The van der Waals surface area contributed by atoms with Crippen LogP contribution in [0.1, 0.15) is 82.1 Å². The fourth-order valence-electron chi connectivity index (χ4n) is 1.77. The van der Waals surface area contributed by atoms with Gasteiger partial charge in [-0.1, -0.05) is 55.4 Å². The van der Waals surface area contributed by atoms with E-state index in [-0.39, 0.29) is 20.0 Å². The number of carbonyl (C=O) groups excluding carboxylic acids is 2. The molecule has 0 saturated carbocycles. The number of carbonyl (C=O) groups is 2. The molecule has 0 rings (SSSR count). The number of ketones is 2. The smallest absolute Gasteiger partial charge is 0.145 e. The summed E-state index contributed by atoms with van der Waals surface area (Å²) in [5.74, 6) is 0.704. The van der Waals surface area contributed by atoms with E-state index in [1.54, 1.807) is 23.5 Å². The van der Waals surface area contributed by atoms with Gasteiger partial charge in [0.1, 0.15) is 11.6 Å². The lowest BCUT2D eigenvalue weighted by molar-refractivity contribution is -0.118. The maximum atomic E-state index is 11.2. The molecule has 4 heteroatoms. The van der Waals surface area contributed by atoms with Crippen LogP contribution in [-0.4, -0.2) is 31.6 Å². The molecule has 2 atom stereocenters. The zero-order chi connectivity index (χ0) is 18.1. The van der Waals surface area contributed by atoms with Gasteiger partial charge in [0, 0.05) is 22.3 Å². The Labute approximate surface area is 147 Å². The highest BCUT2D eigenvalue weighted by atomic mass is 32.2. The first-order valence-corrected chi connectivity index (χ1v) is 9.90. The molecule has 0 saturated heterocycles. The Hall–Kier alpha value is 0.0400. The minimum Gasteiger partial charge on any atom is -0.298 e. The maximum absolute atomic E-state index is 11.2. The van der Waals surface area contributed by atoms with Gasteiger partial charge in [-0.15, -0.1) is 23.5 Å². The number of hydrogen-bond acceptors (Lipinski definition) is 4. The Morgan fingerprint density at radius 3 is 1.09 bits per heavy atom. The summed E-state index contributed by atoms with van der Waals surface area (Å²) >= 11 is 3.48. The normalized spacial score (nSPS) is 14.6. The summed E-state index contributed by atoms with van der Waals surface area (Å²) < 4.78 is 0.397. The molecule has 0 heterocycles. The van der Waals surface area contributed by atoms with Crippen LogP contribution in [0.4, 0.5) is 0 Å². The van der Waals surface area contributed by atoms with Crippen molar-refractivity contribution < 1.29 is 9.59 Å². The van der Waals surface area contributed by atoms with Gasteiger partial charge in [-0.05, 0) is 13.8 Å². The number of rotatable bonds is 6. The summed E-state index contributed by atoms with van der Waals surface area (Å²) in [5, 5.41) is 0.306. The van der Waals surface area contributed by atoms with E-state index in [0.717, 1.165) is 0 Å². The van der Waals surface area contributed by atoms with Gasteiger partial charge in [-0.2, -0.15) is 0 Å². The van der Waals surface area contributed by atoms with Crippen molar-refractivity contribution in [2.24, 2.45) is 0 Å². The van der Waals surface area contributed by atoms with Gasteiger partial charge in [-0.3, -0.25) is 9.59 Å². The van der Waals surface area contributed by atoms with E-state index in [1.807, 2.05) is 27.7 Å². The van der Waals surface area contributed by atoms with E-state index >= 15 is 0 Å². The van der Waals surface area contributed by atoms with Crippen LogP contribution >= 0.6 is 23.5 Å². The second kappa shape index (κ2) is 10.7. The second-order valence-electron chi connectivity index (χ2n) is 7.38. The van der Waals surface area contributed by atoms with Crippen molar-refractivity contribution in [2.75, 3.05) is 0 Å². The molecule has 0 amide bonds. The predicted octanol–water partition coefficient (Wildman–Crippen LogP) is 5.77. The quantitative estimate of drug-likeness (QED) is 0.610. The third-order valence-corrected chi connectivity index (χ3v) is 5.31. The number of Topliss-reactive ketones (excluding diaryl/α,β-unsaturated/α-hetero) is 2. The summed E-state index contributed by atoms with van der Waals surface area (Å²) in [6.07, 6.45) is 1.31. The van der Waals surface area contributed by atoms with Gasteiger partial charge in [0.25, 0.3) is 0 Å². The molecule has 132 valence electrons. The predicted molar refractivity (Wildman–Crippen MR) is 104 cm³/mol. The Balaban J connectivity index is 0. The van der Waals surface area contributed by atoms with E-state index in [2.05, 4.69) is 41.5 Å². The first-order valence-electron chi connectivity index (χ1n) is 8.14. The minimum absolute atomic E-state index is 0.153. The molecular formula is C18H36O2S2. The van der Waals surface area contributed by atoms with Crippen LogP contribution in [0.25, 0.3) is 0 Å². The molecule has 0 N–H and O–H groups in total. The number of thioether (sulfide) groups is 2. The van der Waals surface area contributed by atoms with Gasteiger partial charge < -0.3 is 0 Å². The Kier molecular flexibility index (Phi) is 11.9. The molecule has 0 aromatic rings. The molecular weight excluding hydrogens is 312 g/mol. The van der Waals surface area contributed by atoms with E-state index in [9.17, 15) is 9.59 Å². The molecule has 22 heavy (non-hydrogen) atoms. The summed E-state index contributed by atoms with van der Waals surface area (Å²) in [6, 6.07) is 0. The van der Waals surface area contributed by atoms with Crippen LogP contribution in [0.5, 0.6) is 0 Å². The SMILES string of the molecule is CCC(=O)[C@@H](C)SC(C)(C)C.CCC(=O)[C@H](C)SC(C)(C)C. The van der Waals surface area contributed by atoms with E-state index < -0.39 is 0 Å². The Morgan fingerprint density at radius 1 is 0.727 bits per heavy atom.